The number of amidine groups is 1. The van der Waals surface area contributed by atoms with Gasteiger partial charge in [0.15, 0.2) is 5.84 Å². The van der Waals surface area contributed by atoms with E-state index in [1.54, 1.807) is 12.1 Å². The Bertz CT molecular complexity index is 464. The maximum atomic E-state index is 11.7. The highest BCUT2D eigenvalue weighted by Gasteiger charge is 2.17. The zero-order chi connectivity index (χ0) is 13.7. The lowest BCUT2D eigenvalue weighted by Crippen LogP contribution is -2.33. The van der Waals surface area contributed by atoms with E-state index in [0.717, 1.165) is 12.1 Å². The minimum atomic E-state index is 0.0449. The third kappa shape index (κ3) is 3.71. The SMILES string of the molecule is NC(=NO)c1ccc(CC(=O)NCC2CCC2)cc1. The number of oxime groups is 1. The van der Waals surface area contributed by atoms with Crippen LogP contribution in [-0.2, 0) is 11.2 Å². The van der Waals surface area contributed by atoms with E-state index < -0.39 is 0 Å². The third-order valence-corrected chi connectivity index (χ3v) is 3.53. The first-order valence-corrected chi connectivity index (χ1v) is 6.52. The van der Waals surface area contributed by atoms with Crippen molar-refractivity contribution in [1.82, 2.24) is 5.32 Å². The Labute approximate surface area is 112 Å². The van der Waals surface area contributed by atoms with Gasteiger partial charge in [-0.15, -0.1) is 0 Å². The van der Waals surface area contributed by atoms with Gasteiger partial charge in [-0.25, -0.2) is 0 Å². The van der Waals surface area contributed by atoms with Gasteiger partial charge in [-0.1, -0.05) is 35.8 Å². The summed E-state index contributed by atoms with van der Waals surface area (Å²) in [5.41, 5.74) is 7.03. The Morgan fingerprint density at radius 2 is 2.05 bits per heavy atom. The number of hydrogen-bond acceptors (Lipinski definition) is 3. The molecule has 1 aliphatic carbocycles. The van der Waals surface area contributed by atoms with E-state index in [2.05, 4.69) is 10.5 Å². The topological polar surface area (TPSA) is 87.7 Å². The summed E-state index contributed by atoms with van der Waals surface area (Å²) < 4.78 is 0. The quantitative estimate of drug-likeness (QED) is 0.322. The number of nitrogens with one attached hydrogen (secondary N) is 1. The van der Waals surface area contributed by atoms with Crippen LogP contribution in [0.5, 0.6) is 0 Å². The molecule has 1 aromatic carbocycles. The van der Waals surface area contributed by atoms with E-state index in [0.29, 0.717) is 17.9 Å². The van der Waals surface area contributed by atoms with Crippen LogP contribution in [0, 0.1) is 5.92 Å². The van der Waals surface area contributed by atoms with E-state index in [9.17, 15) is 4.79 Å². The standard InChI is InChI=1S/C14H19N3O2/c15-14(17-19)12-6-4-10(5-7-12)8-13(18)16-9-11-2-1-3-11/h4-7,11,19H,1-3,8-9H2,(H2,15,17)(H,16,18). The fourth-order valence-electron chi connectivity index (χ4n) is 2.05. The highest BCUT2D eigenvalue weighted by Crippen LogP contribution is 2.25. The van der Waals surface area contributed by atoms with Crippen LogP contribution < -0.4 is 11.1 Å². The summed E-state index contributed by atoms with van der Waals surface area (Å²) in [6.45, 7) is 0.793. The molecule has 5 nitrogen and oxygen atoms in total. The first-order chi connectivity index (χ1) is 9.19. The number of carbonyl (C=O) groups is 1. The van der Waals surface area contributed by atoms with Crippen molar-refractivity contribution in [2.45, 2.75) is 25.7 Å². The van der Waals surface area contributed by atoms with Gasteiger partial charge in [-0.05, 0) is 24.3 Å². The van der Waals surface area contributed by atoms with Crippen LogP contribution in [0.15, 0.2) is 29.4 Å². The Morgan fingerprint density at radius 1 is 1.37 bits per heavy atom. The molecule has 0 aliphatic heterocycles. The molecule has 2 rings (SSSR count). The summed E-state index contributed by atoms with van der Waals surface area (Å²) >= 11 is 0. The number of benzene rings is 1. The van der Waals surface area contributed by atoms with Crippen molar-refractivity contribution in [1.29, 1.82) is 0 Å². The highest BCUT2D eigenvalue weighted by atomic mass is 16.4. The molecule has 1 aliphatic rings. The van der Waals surface area contributed by atoms with Crippen LogP contribution in [0.2, 0.25) is 0 Å². The van der Waals surface area contributed by atoms with Crippen molar-refractivity contribution >= 4 is 11.7 Å². The van der Waals surface area contributed by atoms with Gasteiger partial charge in [0, 0.05) is 12.1 Å². The molecule has 1 aromatic rings. The van der Waals surface area contributed by atoms with E-state index >= 15 is 0 Å². The molecule has 1 amide bonds. The predicted octanol–water partition coefficient (Wildman–Crippen LogP) is 1.24. The second kappa shape index (κ2) is 6.22. The molecule has 102 valence electrons. The van der Waals surface area contributed by atoms with Crippen LogP contribution in [0.1, 0.15) is 30.4 Å². The van der Waals surface area contributed by atoms with E-state index in [-0.39, 0.29) is 11.7 Å². The van der Waals surface area contributed by atoms with Gasteiger partial charge < -0.3 is 16.3 Å². The summed E-state index contributed by atoms with van der Waals surface area (Å²) in [7, 11) is 0. The first kappa shape index (κ1) is 13.4. The Morgan fingerprint density at radius 3 is 2.58 bits per heavy atom. The summed E-state index contributed by atoms with van der Waals surface area (Å²) in [6.07, 6.45) is 4.11. The molecule has 1 saturated carbocycles. The molecule has 0 spiro atoms. The van der Waals surface area contributed by atoms with Gasteiger partial charge in [0.05, 0.1) is 6.42 Å². The van der Waals surface area contributed by atoms with Gasteiger partial charge in [0.1, 0.15) is 0 Å². The molecule has 0 unspecified atom stereocenters. The molecule has 0 atom stereocenters. The number of nitrogens with two attached hydrogens (primary N) is 1. The van der Waals surface area contributed by atoms with E-state index in [1.807, 2.05) is 12.1 Å². The minimum absolute atomic E-state index is 0.0449. The highest BCUT2D eigenvalue weighted by molar-refractivity contribution is 5.97. The van der Waals surface area contributed by atoms with Crippen LogP contribution >= 0.6 is 0 Å². The lowest BCUT2D eigenvalue weighted by Gasteiger charge is -2.25. The molecule has 0 radical (unpaired) electrons. The van der Waals surface area contributed by atoms with E-state index in [4.69, 9.17) is 10.9 Å². The molecule has 0 saturated heterocycles. The molecule has 19 heavy (non-hydrogen) atoms. The number of nitrogens with zero attached hydrogens (tertiary/aromatic N) is 1. The summed E-state index contributed by atoms with van der Waals surface area (Å²) in [5.74, 6) is 0.788. The summed E-state index contributed by atoms with van der Waals surface area (Å²) in [4.78, 5) is 11.7. The van der Waals surface area contributed by atoms with Crippen LogP contribution in [-0.4, -0.2) is 23.5 Å². The molecular weight excluding hydrogens is 242 g/mol. The zero-order valence-electron chi connectivity index (χ0n) is 10.8. The number of amides is 1. The number of hydrogen-bond donors (Lipinski definition) is 3. The van der Waals surface area contributed by atoms with E-state index in [1.165, 1.54) is 19.3 Å². The lowest BCUT2D eigenvalue weighted by atomic mass is 9.85. The molecule has 5 heteroatoms. The van der Waals surface area contributed by atoms with Gasteiger partial charge >= 0.3 is 0 Å². The van der Waals surface area contributed by atoms with Crippen LogP contribution in [0.25, 0.3) is 0 Å². The number of rotatable bonds is 5. The third-order valence-electron chi connectivity index (χ3n) is 3.53. The number of carbonyl (C=O) groups excluding carboxylic acids is 1. The molecular formula is C14H19N3O2. The van der Waals surface area contributed by atoms with Crippen molar-refractivity contribution in [3.8, 4) is 0 Å². The smallest absolute Gasteiger partial charge is 0.224 e. The van der Waals surface area contributed by atoms with Gasteiger partial charge in [-0.3, -0.25) is 4.79 Å². The average Bonchev–Trinajstić information content (AvgIpc) is 2.37. The monoisotopic (exact) mass is 261 g/mol. The lowest BCUT2D eigenvalue weighted by molar-refractivity contribution is -0.120. The summed E-state index contributed by atoms with van der Waals surface area (Å²) in [6, 6.07) is 7.11. The zero-order valence-corrected chi connectivity index (χ0v) is 10.8. The van der Waals surface area contributed by atoms with Crippen molar-refractivity contribution in [3.05, 3.63) is 35.4 Å². The van der Waals surface area contributed by atoms with Gasteiger partial charge in [0.2, 0.25) is 5.91 Å². The minimum Gasteiger partial charge on any atom is -0.409 e. The second-order valence-corrected chi connectivity index (χ2v) is 4.96. The Balaban J connectivity index is 1.82. The van der Waals surface area contributed by atoms with Crippen molar-refractivity contribution in [2.24, 2.45) is 16.8 Å². The molecule has 1 fully saturated rings. The summed E-state index contributed by atoms with van der Waals surface area (Å²) in [5, 5.41) is 14.4. The van der Waals surface area contributed by atoms with Gasteiger partial charge in [-0.2, -0.15) is 0 Å². The van der Waals surface area contributed by atoms with Crippen molar-refractivity contribution < 1.29 is 10.0 Å². The average molecular weight is 261 g/mol. The molecule has 0 aromatic heterocycles. The van der Waals surface area contributed by atoms with Crippen molar-refractivity contribution in [3.63, 3.8) is 0 Å². The fraction of sp³-hybridized carbons (Fsp3) is 0.429. The van der Waals surface area contributed by atoms with Crippen LogP contribution in [0.4, 0.5) is 0 Å². The van der Waals surface area contributed by atoms with Crippen molar-refractivity contribution in [2.75, 3.05) is 6.54 Å². The normalized spacial score (nSPS) is 15.9. The second-order valence-electron chi connectivity index (χ2n) is 4.96. The maximum absolute atomic E-state index is 11.7. The van der Waals surface area contributed by atoms with Crippen LogP contribution in [0.3, 0.4) is 0 Å². The molecule has 0 bridgehead atoms. The molecule has 4 N–H and O–H groups in total. The fourth-order valence-corrected chi connectivity index (χ4v) is 2.05. The Kier molecular flexibility index (Phi) is 4.39. The van der Waals surface area contributed by atoms with Gasteiger partial charge in [0.25, 0.3) is 0 Å². The Hall–Kier alpha value is -2.04. The largest absolute Gasteiger partial charge is 0.409 e. The first-order valence-electron chi connectivity index (χ1n) is 6.52. The predicted molar refractivity (Wildman–Crippen MR) is 73.0 cm³/mol. The molecule has 0 heterocycles. The maximum Gasteiger partial charge on any atom is 0.224 e.